The highest BCUT2D eigenvalue weighted by atomic mass is 32.1. The van der Waals surface area contributed by atoms with E-state index in [1.165, 1.54) is 36.5 Å². The Morgan fingerprint density at radius 2 is 1.10 bits per heavy atom. The number of benzene rings is 7. The normalized spacial score (nSPS) is 11.9. The largest absolute Gasteiger partial charge is 0.455 e. The average Bonchev–Trinajstić information content (AvgIpc) is 3.88. The van der Waals surface area contributed by atoms with Crippen molar-refractivity contribution in [1.82, 2.24) is 14.5 Å². The van der Waals surface area contributed by atoms with E-state index in [2.05, 4.69) is 132 Å². The molecule has 0 atom stereocenters. The van der Waals surface area contributed by atoms with Crippen molar-refractivity contribution in [3.05, 3.63) is 164 Å². The van der Waals surface area contributed by atoms with E-state index in [9.17, 15) is 0 Å². The zero-order chi connectivity index (χ0) is 33.5. The molecule has 5 heteroatoms. The van der Waals surface area contributed by atoms with Gasteiger partial charge in [-0.3, -0.25) is 0 Å². The van der Waals surface area contributed by atoms with Crippen molar-refractivity contribution in [3.63, 3.8) is 0 Å². The van der Waals surface area contributed by atoms with Gasteiger partial charge >= 0.3 is 0 Å². The summed E-state index contributed by atoms with van der Waals surface area (Å²) in [6.45, 7) is 0. The van der Waals surface area contributed by atoms with Gasteiger partial charge in [-0.15, -0.1) is 11.3 Å². The fraction of sp³-hybridized carbons (Fsp3) is 0. The molecule has 0 saturated carbocycles. The number of thiophene rings is 1. The van der Waals surface area contributed by atoms with Gasteiger partial charge in [0, 0.05) is 58.7 Å². The smallest absolute Gasteiger partial charge is 0.160 e. The van der Waals surface area contributed by atoms with Gasteiger partial charge in [0.05, 0.1) is 27.8 Å². The number of rotatable bonds is 4. The molecular formula is C46H27N3OS. The lowest BCUT2D eigenvalue weighted by Crippen LogP contribution is -1.97. The number of aromatic nitrogens is 3. The number of fused-ring (bicyclic) bond motifs is 12. The van der Waals surface area contributed by atoms with Crippen molar-refractivity contribution in [3.8, 4) is 39.6 Å². The highest BCUT2D eigenvalue weighted by Gasteiger charge is 2.25. The third kappa shape index (κ3) is 4.25. The van der Waals surface area contributed by atoms with Crippen molar-refractivity contribution in [2.45, 2.75) is 0 Å². The Hall–Kier alpha value is -6.56. The van der Waals surface area contributed by atoms with E-state index in [1.54, 1.807) is 0 Å². The highest BCUT2D eigenvalue weighted by Crippen LogP contribution is 2.50. The Morgan fingerprint density at radius 3 is 1.86 bits per heavy atom. The molecule has 0 fully saturated rings. The SMILES string of the molecule is c1ccc(-c2cc(-c3ccc(-n4c5ccccc5c5c6sc7ccccc7c6c6oc7ccccc7c6c54)cc3)nc(-c3ccccc3)n2)cc1. The van der Waals surface area contributed by atoms with Gasteiger partial charge in [-0.2, -0.15) is 0 Å². The molecule has 0 N–H and O–H groups in total. The van der Waals surface area contributed by atoms with Gasteiger partial charge in [0.25, 0.3) is 0 Å². The molecule has 238 valence electrons. The average molecular weight is 670 g/mol. The topological polar surface area (TPSA) is 43.9 Å². The van der Waals surface area contributed by atoms with E-state index < -0.39 is 0 Å². The molecule has 11 aromatic rings. The van der Waals surface area contributed by atoms with Crippen LogP contribution >= 0.6 is 11.3 Å². The molecule has 4 aromatic heterocycles. The minimum Gasteiger partial charge on any atom is -0.455 e. The number of hydrogen-bond donors (Lipinski definition) is 0. The lowest BCUT2D eigenvalue weighted by Gasteiger charge is -2.12. The van der Waals surface area contributed by atoms with Gasteiger partial charge in [-0.1, -0.05) is 127 Å². The van der Waals surface area contributed by atoms with Gasteiger partial charge in [-0.05, 0) is 36.4 Å². The molecule has 0 radical (unpaired) electrons. The zero-order valence-corrected chi connectivity index (χ0v) is 28.1. The van der Waals surface area contributed by atoms with Crippen LogP contribution in [0.5, 0.6) is 0 Å². The van der Waals surface area contributed by atoms with Crippen LogP contribution in [0, 0.1) is 0 Å². The fourth-order valence-electron chi connectivity index (χ4n) is 7.73. The Bertz CT molecular complexity index is 3030. The Morgan fingerprint density at radius 1 is 0.490 bits per heavy atom. The van der Waals surface area contributed by atoms with Crippen molar-refractivity contribution in [2.75, 3.05) is 0 Å². The second kappa shape index (κ2) is 11.0. The molecule has 0 bridgehead atoms. The van der Waals surface area contributed by atoms with Crippen LogP contribution in [0.25, 0.3) is 104 Å². The zero-order valence-electron chi connectivity index (χ0n) is 27.2. The summed E-state index contributed by atoms with van der Waals surface area (Å²) in [5, 5.41) is 7.20. The van der Waals surface area contributed by atoms with Crippen molar-refractivity contribution < 1.29 is 4.42 Å². The summed E-state index contributed by atoms with van der Waals surface area (Å²) in [6.07, 6.45) is 0. The predicted molar refractivity (Wildman–Crippen MR) is 213 cm³/mol. The molecule has 0 aliphatic heterocycles. The molecule has 4 heterocycles. The summed E-state index contributed by atoms with van der Waals surface area (Å²) in [4.78, 5) is 10.1. The van der Waals surface area contributed by atoms with Crippen LogP contribution in [0.1, 0.15) is 0 Å². The number of nitrogens with zero attached hydrogens (tertiary/aromatic N) is 3. The second-order valence-electron chi connectivity index (χ2n) is 12.9. The van der Waals surface area contributed by atoms with Crippen LogP contribution in [0.4, 0.5) is 0 Å². The molecule has 0 unspecified atom stereocenters. The van der Waals surface area contributed by atoms with Crippen LogP contribution in [0.3, 0.4) is 0 Å². The van der Waals surface area contributed by atoms with Crippen molar-refractivity contribution in [2.24, 2.45) is 0 Å². The number of para-hydroxylation sites is 2. The first-order valence-corrected chi connectivity index (χ1v) is 17.9. The van der Waals surface area contributed by atoms with Gasteiger partial charge in [0.15, 0.2) is 5.82 Å². The lowest BCUT2D eigenvalue weighted by atomic mass is 10.0. The third-order valence-electron chi connectivity index (χ3n) is 10.0. The molecule has 11 rings (SSSR count). The minimum absolute atomic E-state index is 0.708. The summed E-state index contributed by atoms with van der Waals surface area (Å²) < 4.78 is 11.7. The Balaban J connectivity index is 1.18. The first-order valence-electron chi connectivity index (χ1n) is 17.1. The Labute approximate surface area is 296 Å². The van der Waals surface area contributed by atoms with Crippen molar-refractivity contribution in [1.29, 1.82) is 0 Å². The molecule has 7 aromatic carbocycles. The van der Waals surface area contributed by atoms with Crippen LogP contribution in [0.15, 0.2) is 168 Å². The predicted octanol–water partition coefficient (Wildman–Crippen LogP) is 12.8. The van der Waals surface area contributed by atoms with E-state index >= 15 is 0 Å². The van der Waals surface area contributed by atoms with Gasteiger partial charge in [0.2, 0.25) is 0 Å². The first-order chi connectivity index (χ1) is 25.3. The van der Waals surface area contributed by atoms with Crippen LogP contribution in [0.2, 0.25) is 0 Å². The molecule has 4 nitrogen and oxygen atoms in total. The molecule has 51 heavy (non-hydrogen) atoms. The highest BCUT2D eigenvalue weighted by molar-refractivity contribution is 7.27. The molecule has 0 aliphatic carbocycles. The quantitative estimate of drug-likeness (QED) is 0.187. The van der Waals surface area contributed by atoms with E-state index in [0.29, 0.717) is 5.82 Å². The van der Waals surface area contributed by atoms with Gasteiger partial charge in [-0.25, -0.2) is 9.97 Å². The number of furan rings is 1. The van der Waals surface area contributed by atoms with Crippen molar-refractivity contribution >= 4 is 75.3 Å². The summed E-state index contributed by atoms with van der Waals surface area (Å²) in [5.74, 6) is 0.708. The van der Waals surface area contributed by atoms with Crippen LogP contribution in [-0.2, 0) is 0 Å². The molecular weight excluding hydrogens is 643 g/mol. The van der Waals surface area contributed by atoms with Gasteiger partial charge in [0.1, 0.15) is 11.2 Å². The third-order valence-corrected chi connectivity index (χ3v) is 11.2. The summed E-state index contributed by atoms with van der Waals surface area (Å²) in [6, 6.07) is 57.3. The molecule has 0 spiro atoms. The standard InChI is InChI=1S/C46H27N3OS/c1-3-13-28(14-4-1)35-27-36(48-46(47-35)30-15-5-2-6-16-30)29-23-25-31(26-24-29)49-37-20-10-7-17-32(37)41-43(49)40-33-18-8-11-21-38(33)50-44(40)42-34-19-9-12-22-39(34)51-45(41)42/h1-27H. The summed E-state index contributed by atoms with van der Waals surface area (Å²) in [5.41, 5.74) is 10.1. The first kappa shape index (κ1) is 28.3. The maximum Gasteiger partial charge on any atom is 0.160 e. The minimum atomic E-state index is 0.708. The Kier molecular flexibility index (Phi) is 6.09. The fourth-order valence-corrected chi connectivity index (χ4v) is 8.99. The molecule has 0 aliphatic rings. The lowest BCUT2D eigenvalue weighted by molar-refractivity contribution is 0.673. The van der Waals surface area contributed by atoms with E-state index in [0.717, 1.165) is 61.2 Å². The monoisotopic (exact) mass is 669 g/mol. The molecule has 0 saturated heterocycles. The van der Waals surface area contributed by atoms with E-state index in [-0.39, 0.29) is 0 Å². The molecule has 0 amide bonds. The second-order valence-corrected chi connectivity index (χ2v) is 14.0. The maximum atomic E-state index is 6.78. The maximum absolute atomic E-state index is 6.78. The summed E-state index contributed by atoms with van der Waals surface area (Å²) in [7, 11) is 0. The summed E-state index contributed by atoms with van der Waals surface area (Å²) >= 11 is 1.85. The van der Waals surface area contributed by atoms with E-state index in [4.69, 9.17) is 14.4 Å². The van der Waals surface area contributed by atoms with Gasteiger partial charge < -0.3 is 8.98 Å². The van der Waals surface area contributed by atoms with E-state index in [1.807, 2.05) is 47.7 Å². The van der Waals surface area contributed by atoms with Crippen LogP contribution < -0.4 is 0 Å². The number of hydrogen-bond acceptors (Lipinski definition) is 4. The van der Waals surface area contributed by atoms with Crippen LogP contribution in [-0.4, -0.2) is 14.5 Å².